The number of aromatic nitrogens is 6. The van der Waals surface area contributed by atoms with E-state index < -0.39 is 39.5 Å². The molecule has 1 fully saturated rings. The molecule has 310 valence electrons. The quantitative estimate of drug-likeness (QED) is 0.0644. The van der Waals surface area contributed by atoms with Gasteiger partial charge in [0.05, 0.1) is 31.6 Å². The van der Waals surface area contributed by atoms with Crippen LogP contribution >= 0.6 is 0 Å². The number of fused-ring (bicyclic) bond motifs is 2. The van der Waals surface area contributed by atoms with Gasteiger partial charge in [0.2, 0.25) is 5.82 Å². The Morgan fingerprint density at radius 1 is 0.707 bits per heavy atom. The number of ether oxygens (including phenoxy) is 2. The summed E-state index contributed by atoms with van der Waals surface area (Å²) < 4.78 is 60.0. The van der Waals surface area contributed by atoms with E-state index in [1.807, 2.05) is 24.3 Å². The van der Waals surface area contributed by atoms with Crippen LogP contribution in [0.25, 0.3) is 21.9 Å². The minimum atomic E-state index is -1.73. The van der Waals surface area contributed by atoms with Crippen molar-refractivity contribution in [3.05, 3.63) is 134 Å². The number of nitro benzene ring substituents is 1. The van der Waals surface area contributed by atoms with Crippen LogP contribution in [0.3, 0.4) is 0 Å². The van der Waals surface area contributed by atoms with Gasteiger partial charge in [0.25, 0.3) is 11.6 Å². The van der Waals surface area contributed by atoms with Gasteiger partial charge in [-0.2, -0.15) is 9.45 Å². The smallest absolute Gasteiger partial charge is 0.314 e. The van der Waals surface area contributed by atoms with Crippen molar-refractivity contribution < 1.29 is 51.3 Å². The van der Waals surface area contributed by atoms with Crippen molar-refractivity contribution in [2.75, 3.05) is 35.5 Å². The third-order valence-corrected chi connectivity index (χ3v) is 7.46. The molecule has 1 aliphatic heterocycles. The number of nitro groups is 1. The van der Waals surface area contributed by atoms with Crippen LogP contribution in [0.5, 0.6) is 11.5 Å². The number of carbonyl (C=O) groups excluding carboxylic acids is 1. The molecule has 0 aliphatic carbocycles. The summed E-state index contributed by atoms with van der Waals surface area (Å²) in [6.45, 7) is 4.63. The Morgan fingerprint density at radius 2 is 1.28 bits per heavy atom. The Bertz CT molecular complexity index is 2330. The van der Waals surface area contributed by atoms with E-state index in [0.717, 1.165) is 42.0 Å². The molecule has 7 rings (SSSR count). The number of hydroxylamine groups is 2. The van der Waals surface area contributed by atoms with E-state index >= 15 is 0 Å². The number of carbonyl (C=O) groups is 1. The first-order chi connectivity index (χ1) is 27.2. The molecule has 0 saturated carbocycles. The van der Waals surface area contributed by atoms with Gasteiger partial charge in [0.15, 0.2) is 23.2 Å². The number of amides is 1. The standard InChI is InChI=1S/C8H6F4O.C8H7N3O2.C7H7N3O.C7H7NO3.C6H9NO2.CH4/c1-3-4(9)6(11)7(12)8(13-2)5(3)10;1-13-11-8(12)6-4-2-3-5-7(6)9-10-11;1-11-10-7-5-3-2-4-6(7)8-9-10;1-11-7-4-2-6(3-5-7)8(9)10;1-5-3-4-6(8)7(5)9-2;/h1-2H3;2-5H,1H3;2*2-5H,1H3;1,3-4H2,2H3;1H4. The molecule has 0 N–H and O–H groups in total. The molecule has 1 aliphatic rings. The van der Waals surface area contributed by atoms with E-state index in [1.165, 1.54) is 43.4 Å². The van der Waals surface area contributed by atoms with Gasteiger partial charge in [-0.05, 0) is 65.0 Å². The molecule has 4 aromatic carbocycles. The zero-order valence-corrected chi connectivity index (χ0v) is 31.3. The van der Waals surface area contributed by atoms with Crippen LogP contribution in [0.1, 0.15) is 25.8 Å². The number of hydrogen-bond donors (Lipinski definition) is 0. The molecular formula is C37H40F4N8O9. The van der Waals surface area contributed by atoms with Crippen molar-refractivity contribution in [3.8, 4) is 11.5 Å². The highest BCUT2D eigenvalue weighted by Crippen LogP contribution is 2.29. The highest BCUT2D eigenvalue weighted by molar-refractivity contribution is 5.79. The molecule has 3 heterocycles. The summed E-state index contributed by atoms with van der Waals surface area (Å²) in [7, 11) is 6.87. The third kappa shape index (κ3) is 11.7. The average Bonchev–Trinajstić information content (AvgIpc) is 3.81. The fourth-order valence-electron chi connectivity index (χ4n) is 4.54. The zero-order valence-electron chi connectivity index (χ0n) is 31.3. The van der Waals surface area contributed by atoms with Crippen LogP contribution in [-0.4, -0.2) is 81.8 Å². The minimum Gasteiger partial charge on any atom is -0.497 e. The number of hydrogen-bond acceptors (Lipinski definition) is 13. The molecule has 2 aromatic heterocycles. The van der Waals surface area contributed by atoms with Gasteiger partial charge in [-0.1, -0.05) is 43.1 Å². The van der Waals surface area contributed by atoms with E-state index in [0.29, 0.717) is 23.1 Å². The van der Waals surface area contributed by atoms with Gasteiger partial charge in [-0.25, -0.2) is 13.2 Å². The van der Waals surface area contributed by atoms with Crippen LogP contribution < -0.4 is 24.7 Å². The summed E-state index contributed by atoms with van der Waals surface area (Å²) in [5.41, 5.74) is 2.22. The van der Waals surface area contributed by atoms with Crippen LogP contribution in [0.2, 0.25) is 0 Å². The van der Waals surface area contributed by atoms with Gasteiger partial charge < -0.3 is 19.1 Å². The Hall–Kier alpha value is -7.16. The molecule has 21 heteroatoms. The summed E-state index contributed by atoms with van der Waals surface area (Å²) in [6.07, 6.45) is 1.26. The van der Waals surface area contributed by atoms with E-state index in [1.54, 1.807) is 43.5 Å². The van der Waals surface area contributed by atoms with Crippen molar-refractivity contribution in [2.24, 2.45) is 0 Å². The number of para-hydroxylation sites is 1. The first-order valence-electron chi connectivity index (χ1n) is 16.2. The van der Waals surface area contributed by atoms with E-state index in [4.69, 9.17) is 14.4 Å². The van der Waals surface area contributed by atoms with E-state index in [-0.39, 0.29) is 24.6 Å². The van der Waals surface area contributed by atoms with E-state index in [9.17, 15) is 37.3 Å². The van der Waals surface area contributed by atoms with Gasteiger partial charge in [0.1, 0.15) is 36.5 Å². The molecule has 0 atom stereocenters. The first-order valence-corrected chi connectivity index (χ1v) is 16.2. The second-order valence-electron chi connectivity index (χ2n) is 10.9. The molecule has 0 spiro atoms. The fourth-order valence-corrected chi connectivity index (χ4v) is 4.54. The van der Waals surface area contributed by atoms with Gasteiger partial charge in [-0.3, -0.25) is 24.5 Å². The zero-order chi connectivity index (χ0) is 42.2. The normalized spacial score (nSPS) is 11.3. The Kier molecular flexibility index (Phi) is 18.2. The Labute approximate surface area is 328 Å². The number of benzene rings is 4. The second kappa shape index (κ2) is 22.4. The maximum absolute atomic E-state index is 12.9. The van der Waals surface area contributed by atoms with Crippen molar-refractivity contribution in [3.63, 3.8) is 0 Å². The summed E-state index contributed by atoms with van der Waals surface area (Å²) in [6, 6.07) is 20.5. The van der Waals surface area contributed by atoms with Crippen LogP contribution in [-0.2, 0) is 9.63 Å². The molecule has 0 bridgehead atoms. The number of non-ortho nitro benzene ring substituents is 1. The molecular weight excluding hydrogens is 776 g/mol. The van der Waals surface area contributed by atoms with Gasteiger partial charge in [-0.15, -0.1) is 10.2 Å². The summed E-state index contributed by atoms with van der Waals surface area (Å²) >= 11 is 0. The third-order valence-electron chi connectivity index (χ3n) is 7.46. The molecule has 0 radical (unpaired) electrons. The van der Waals surface area contributed by atoms with Gasteiger partial charge >= 0.3 is 5.56 Å². The van der Waals surface area contributed by atoms with Crippen molar-refractivity contribution in [1.82, 2.24) is 35.4 Å². The lowest BCUT2D eigenvalue weighted by Crippen LogP contribution is -2.28. The molecule has 17 nitrogen and oxygen atoms in total. The highest BCUT2D eigenvalue weighted by Gasteiger charge is 2.24. The highest BCUT2D eigenvalue weighted by atomic mass is 19.2. The molecule has 1 amide bonds. The Balaban J connectivity index is 0.000000250. The molecule has 1 saturated heterocycles. The summed E-state index contributed by atoms with van der Waals surface area (Å²) in [5.74, 6) is -6.41. The molecule has 0 unspecified atom stereocenters. The lowest BCUT2D eigenvalue weighted by atomic mass is 10.2. The lowest BCUT2D eigenvalue weighted by molar-refractivity contribution is -0.384. The van der Waals surface area contributed by atoms with Crippen LogP contribution in [0.4, 0.5) is 23.2 Å². The maximum Gasteiger partial charge on any atom is 0.314 e. The number of rotatable bonds is 6. The Morgan fingerprint density at radius 3 is 1.79 bits per heavy atom. The van der Waals surface area contributed by atoms with E-state index in [2.05, 4.69) is 36.8 Å². The van der Waals surface area contributed by atoms with Crippen molar-refractivity contribution in [2.45, 2.75) is 27.2 Å². The van der Waals surface area contributed by atoms with Crippen molar-refractivity contribution >= 4 is 33.5 Å². The number of allylic oxidation sites excluding steroid dienone is 1. The minimum absolute atomic E-state index is 0. The maximum atomic E-state index is 12.9. The average molecular weight is 817 g/mol. The van der Waals surface area contributed by atoms with Crippen molar-refractivity contribution in [1.29, 1.82) is 0 Å². The predicted octanol–water partition coefficient (Wildman–Crippen LogP) is 5.82. The molecule has 6 aromatic rings. The van der Waals surface area contributed by atoms with Gasteiger partial charge in [0, 0.05) is 29.8 Å². The summed E-state index contributed by atoms with van der Waals surface area (Å²) in [4.78, 5) is 48.5. The molecule has 58 heavy (non-hydrogen) atoms. The number of halogens is 4. The van der Waals surface area contributed by atoms with Crippen LogP contribution in [0.15, 0.2) is 89.9 Å². The summed E-state index contributed by atoms with van der Waals surface area (Å²) in [5, 5.41) is 26.9. The fraction of sp³-hybridized carbons (Fsp3) is 0.243. The lowest BCUT2D eigenvalue weighted by Gasteiger charge is -2.11. The second-order valence-corrected chi connectivity index (χ2v) is 10.9. The number of methoxy groups -OCH3 is 2. The first kappa shape index (κ1) is 47.0. The predicted molar refractivity (Wildman–Crippen MR) is 203 cm³/mol. The topological polar surface area (TPSA) is 188 Å². The number of nitrogens with zero attached hydrogens (tertiary/aromatic N) is 8. The SMILES string of the molecule is C.C=C1CCC(=O)N1OC.COc1c(F)c(C)c(F)c(F)c1F.COc1ccc([N+](=O)[O-])cc1.COn1nnc2ccccc21.COn1nnc2ccccc2c1=O. The monoisotopic (exact) mass is 816 g/mol. The largest absolute Gasteiger partial charge is 0.497 e. The van der Waals surface area contributed by atoms with Crippen LogP contribution in [0, 0.1) is 40.3 Å².